The van der Waals surface area contributed by atoms with Crippen LogP contribution in [0.2, 0.25) is 0 Å². The fourth-order valence-electron chi connectivity index (χ4n) is 12.6. The fourth-order valence-corrected chi connectivity index (χ4v) is 14.2. The summed E-state index contributed by atoms with van der Waals surface area (Å²) in [6, 6.07) is 0. The first kappa shape index (κ1) is 98.1. The lowest BCUT2D eigenvalue weighted by Gasteiger charge is -2.21. The average Bonchev–Trinajstić information content (AvgIpc) is 1.11. The lowest BCUT2D eigenvalue weighted by molar-refractivity contribution is -0.161. The molecule has 0 aromatic rings. The summed E-state index contributed by atoms with van der Waals surface area (Å²) in [6.07, 6.45) is 65.2. The Hall–Kier alpha value is -1.94. The van der Waals surface area contributed by atoms with E-state index >= 15 is 0 Å². The molecule has 0 bridgehead atoms. The van der Waals surface area contributed by atoms with Crippen molar-refractivity contribution in [2.24, 2.45) is 5.92 Å². The first-order valence-electron chi connectivity index (χ1n) is 42.1. The Labute approximate surface area is 613 Å². The predicted octanol–water partition coefficient (Wildman–Crippen LogP) is 24.4. The number of aliphatic hydroxyl groups excluding tert-OH is 1. The zero-order valence-electron chi connectivity index (χ0n) is 65.3. The average molecular weight is 1470 g/mol. The standard InChI is InChI=1S/C81H158O17P2/c1-6-9-12-15-18-21-23-25-27-28-29-30-31-32-38-42-47-52-57-62-67-81(86)98-77(71-92-79(84)65-60-55-50-45-40-37-34-33-35-39-44-48-53-58-63-74(4)5)73-96-100(89,90)94-69-75(82)68-93-99(87,88)95-72-76(70-91-78(83)64-59-54-49-43-20-17-14-11-8-3)97-80(85)66-61-56-51-46-41-36-26-24-22-19-16-13-10-7-2/h74-77,82H,6-73H2,1-5H3,(H,87,88)(H,89,90)/t75-,76+,77+/m0/s1. The normalized spacial score (nSPS) is 13.8. The molecule has 100 heavy (non-hydrogen) atoms. The Balaban J connectivity index is 5.21. The summed E-state index contributed by atoms with van der Waals surface area (Å²) < 4.78 is 68.7. The summed E-state index contributed by atoms with van der Waals surface area (Å²) in [5.41, 5.74) is 0. The number of hydrogen-bond acceptors (Lipinski definition) is 15. The van der Waals surface area contributed by atoms with Gasteiger partial charge in [-0.25, -0.2) is 9.13 Å². The van der Waals surface area contributed by atoms with Gasteiger partial charge in [-0.15, -0.1) is 0 Å². The van der Waals surface area contributed by atoms with Crippen LogP contribution in [0.4, 0.5) is 0 Å². The largest absolute Gasteiger partial charge is 0.472 e. The molecule has 3 N–H and O–H groups in total. The molecule has 0 spiro atoms. The summed E-state index contributed by atoms with van der Waals surface area (Å²) in [5.74, 6) is -1.31. The molecule has 0 saturated heterocycles. The molecule has 0 heterocycles. The topological polar surface area (TPSA) is 237 Å². The molecule has 5 atom stereocenters. The molecular formula is C81H158O17P2. The first-order chi connectivity index (χ1) is 48.5. The van der Waals surface area contributed by atoms with Gasteiger partial charge in [-0.05, 0) is 31.6 Å². The molecule has 0 aliphatic rings. The second-order valence-corrected chi connectivity index (χ2v) is 32.5. The van der Waals surface area contributed by atoms with E-state index < -0.39 is 97.5 Å². The van der Waals surface area contributed by atoms with Gasteiger partial charge >= 0.3 is 39.5 Å². The van der Waals surface area contributed by atoms with E-state index in [-0.39, 0.29) is 25.7 Å². The number of carbonyl (C=O) groups is 4. The molecule has 17 nitrogen and oxygen atoms in total. The zero-order valence-corrected chi connectivity index (χ0v) is 67.1. The van der Waals surface area contributed by atoms with Crippen LogP contribution in [-0.2, 0) is 65.4 Å². The number of rotatable bonds is 81. The highest BCUT2D eigenvalue weighted by atomic mass is 31.2. The van der Waals surface area contributed by atoms with Crippen LogP contribution in [0.1, 0.15) is 433 Å². The molecule has 0 radical (unpaired) electrons. The van der Waals surface area contributed by atoms with Crippen LogP contribution in [-0.4, -0.2) is 96.7 Å². The summed E-state index contributed by atoms with van der Waals surface area (Å²) in [7, 11) is -9.92. The van der Waals surface area contributed by atoms with E-state index in [2.05, 4.69) is 34.6 Å². The first-order valence-corrected chi connectivity index (χ1v) is 45.1. The number of phosphoric ester groups is 2. The fraction of sp³-hybridized carbons (Fsp3) is 0.951. The van der Waals surface area contributed by atoms with Crippen molar-refractivity contribution in [3.05, 3.63) is 0 Å². The molecular weight excluding hydrogens is 1310 g/mol. The summed E-state index contributed by atoms with van der Waals surface area (Å²) in [6.45, 7) is 7.34. The molecule has 594 valence electrons. The summed E-state index contributed by atoms with van der Waals surface area (Å²) in [4.78, 5) is 73.0. The predicted molar refractivity (Wildman–Crippen MR) is 409 cm³/mol. The van der Waals surface area contributed by atoms with Gasteiger partial charge in [0.15, 0.2) is 12.2 Å². The van der Waals surface area contributed by atoms with Crippen molar-refractivity contribution < 1.29 is 80.2 Å². The van der Waals surface area contributed by atoms with E-state index in [0.717, 1.165) is 95.8 Å². The van der Waals surface area contributed by atoms with Crippen molar-refractivity contribution in [1.29, 1.82) is 0 Å². The molecule has 0 amide bonds. The van der Waals surface area contributed by atoms with E-state index in [0.29, 0.717) is 25.7 Å². The maximum absolute atomic E-state index is 13.1. The van der Waals surface area contributed by atoms with Crippen LogP contribution in [0.5, 0.6) is 0 Å². The number of phosphoric acid groups is 2. The lowest BCUT2D eigenvalue weighted by Crippen LogP contribution is -2.30. The summed E-state index contributed by atoms with van der Waals surface area (Å²) >= 11 is 0. The molecule has 0 aliphatic carbocycles. The molecule has 0 saturated carbocycles. The Kier molecular flexibility index (Phi) is 72.5. The smallest absolute Gasteiger partial charge is 0.462 e. The lowest BCUT2D eigenvalue weighted by atomic mass is 10.0. The Morgan fingerprint density at radius 3 is 0.680 bits per heavy atom. The monoisotopic (exact) mass is 1470 g/mol. The summed E-state index contributed by atoms with van der Waals surface area (Å²) in [5, 5.41) is 10.6. The van der Waals surface area contributed by atoms with Gasteiger partial charge in [0.1, 0.15) is 19.3 Å². The molecule has 0 aromatic heterocycles. The number of hydrogen-bond donors (Lipinski definition) is 3. The molecule has 0 fully saturated rings. The molecule has 19 heteroatoms. The van der Waals surface area contributed by atoms with Crippen LogP contribution in [0, 0.1) is 5.92 Å². The quantitative estimate of drug-likeness (QED) is 0.0222. The third-order valence-electron chi connectivity index (χ3n) is 19.0. The third kappa shape index (κ3) is 74.3. The number of ether oxygens (including phenoxy) is 4. The molecule has 0 aromatic carbocycles. The van der Waals surface area contributed by atoms with E-state index in [9.17, 15) is 43.2 Å². The van der Waals surface area contributed by atoms with Crippen molar-refractivity contribution in [1.82, 2.24) is 0 Å². The van der Waals surface area contributed by atoms with Crippen molar-refractivity contribution >= 4 is 39.5 Å². The zero-order chi connectivity index (χ0) is 73.4. The molecule has 0 aliphatic heterocycles. The van der Waals surface area contributed by atoms with Crippen LogP contribution < -0.4 is 0 Å². The third-order valence-corrected chi connectivity index (χ3v) is 20.9. The van der Waals surface area contributed by atoms with Gasteiger partial charge in [0.25, 0.3) is 0 Å². The molecule has 0 rings (SSSR count). The van der Waals surface area contributed by atoms with Gasteiger partial charge < -0.3 is 33.8 Å². The van der Waals surface area contributed by atoms with Gasteiger partial charge in [-0.1, -0.05) is 381 Å². The highest BCUT2D eigenvalue weighted by Crippen LogP contribution is 2.45. The van der Waals surface area contributed by atoms with Gasteiger partial charge in [-0.2, -0.15) is 0 Å². The van der Waals surface area contributed by atoms with Crippen LogP contribution in [0.3, 0.4) is 0 Å². The minimum Gasteiger partial charge on any atom is -0.462 e. The van der Waals surface area contributed by atoms with Gasteiger partial charge in [0.05, 0.1) is 26.4 Å². The van der Waals surface area contributed by atoms with E-state index in [1.54, 1.807) is 0 Å². The Morgan fingerprint density at radius 1 is 0.270 bits per heavy atom. The minimum absolute atomic E-state index is 0.108. The van der Waals surface area contributed by atoms with Crippen LogP contribution in [0.25, 0.3) is 0 Å². The van der Waals surface area contributed by atoms with Crippen molar-refractivity contribution in [2.75, 3.05) is 39.6 Å². The number of aliphatic hydroxyl groups is 1. The maximum Gasteiger partial charge on any atom is 0.472 e. The van der Waals surface area contributed by atoms with Crippen molar-refractivity contribution in [3.63, 3.8) is 0 Å². The van der Waals surface area contributed by atoms with Crippen LogP contribution in [0.15, 0.2) is 0 Å². The van der Waals surface area contributed by atoms with Crippen LogP contribution >= 0.6 is 15.6 Å². The number of unbranched alkanes of at least 4 members (excludes halogenated alkanes) is 53. The van der Waals surface area contributed by atoms with Gasteiger partial charge in [-0.3, -0.25) is 37.3 Å². The second kappa shape index (κ2) is 73.9. The Bertz CT molecular complexity index is 1910. The van der Waals surface area contributed by atoms with E-state index in [1.807, 2.05) is 0 Å². The highest BCUT2D eigenvalue weighted by molar-refractivity contribution is 7.47. The number of carbonyl (C=O) groups excluding carboxylic acids is 4. The van der Waals surface area contributed by atoms with Gasteiger partial charge in [0, 0.05) is 25.7 Å². The van der Waals surface area contributed by atoms with Gasteiger partial charge in [0.2, 0.25) is 0 Å². The maximum atomic E-state index is 13.1. The minimum atomic E-state index is -4.96. The van der Waals surface area contributed by atoms with E-state index in [4.69, 9.17) is 37.0 Å². The number of esters is 4. The molecule has 2 unspecified atom stereocenters. The second-order valence-electron chi connectivity index (χ2n) is 29.6. The van der Waals surface area contributed by atoms with E-state index in [1.165, 1.54) is 257 Å². The highest BCUT2D eigenvalue weighted by Gasteiger charge is 2.30. The SMILES string of the molecule is CCCCCCCCCCCCCCCCCCCCCCC(=O)O[C@H](COC(=O)CCCCCCCCCCCCCCCCC(C)C)COP(=O)(O)OC[C@@H](O)COP(=O)(O)OC[C@@H](COC(=O)CCCCCCCCCCC)OC(=O)CCCCCCCCCCCCCCCC. The Morgan fingerprint density at radius 2 is 0.460 bits per heavy atom. The van der Waals surface area contributed by atoms with Crippen molar-refractivity contribution in [3.8, 4) is 0 Å². The van der Waals surface area contributed by atoms with Crippen molar-refractivity contribution in [2.45, 2.75) is 451 Å².